The first-order chi connectivity index (χ1) is 14.2. The zero-order chi connectivity index (χ0) is 22.0. The van der Waals surface area contributed by atoms with Gasteiger partial charge in [0.05, 0.1) is 5.92 Å². The minimum atomic E-state index is -1.06. The Morgan fingerprint density at radius 1 is 1.23 bits per heavy atom. The molecule has 5 atom stereocenters. The van der Waals surface area contributed by atoms with E-state index in [0.717, 1.165) is 4.57 Å². The van der Waals surface area contributed by atoms with E-state index >= 15 is 0 Å². The molecule has 0 radical (unpaired) electrons. The van der Waals surface area contributed by atoms with Gasteiger partial charge in [0.2, 0.25) is 0 Å². The number of carbonyl (C=O) groups excluding carboxylic acids is 3. The van der Waals surface area contributed by atoms with Crippen LogP contribution >= 0.6 is 0 Å². The van der Waals surface area contributed by atoms with Gasteiger partial charge in [0, 0.05) is 12.3 Å². The van der Waals surface area contributed by atoms with Crippen LogP contribution < -0.4 is 16.9 Å². The average molecular weight is 426 g/mol. The number of nitrogens with one attached hydrogen (secondary N) is 1. The van der Waals surface area contributed by atoms with Crippen molar-refractivity contribution in [1.82, 2.24) is 9.55 Å². The van der Waals surface area contributed by atoms with E-state index in [1.165, 1.54) is 19.2 Å². The quantitative estimate of drug-likeness (QED) is 0.325. The summed E-state index contributed by atoms with van der Waals surface area (Å²) >= 11 is 0. The second kappa shape index (κ2) is 8.67. The molecule has 3 rings (SSSR count). The molecule has 1 aromatic rings. The lowest BCUT2D eigenvalue weighted by Gasteiger charge is -2.18. The fourth-order valence-electron chi connectivity index (χ4n) is 2.76. The molecule has 2 aliphatic rings. The van der Waals surface area contributed by atoms with E-state index in [1.54, 1.807) is 13.8 Å². The second-order valence-corrected chi connectivity index (χ2v) is 7.08. The third-order valence-electron chi connectivity index (χ3n) is 4.34. The smallest absolute Gasteiger partial charge is 0.462 e. The van der Waals surface area contributed by atoms with Gasteiger partial charge < -0.3 is 29.5 Å². The van der Waals surface area contributed by atoms with Gasteiger partial charge in [-0.2, -0.15) is 4.98 Å². The first kappa shape index (κ1) is 21.5. The van der Waals surface area contributed by atoms with Crippen molar-refractivity contribution in [3.05, 3.63) is 22.7 Å². The molecule has 2 saturated heterocycles. The summed E-state index contributed by atoms with van der Waals surface area (Å²) in [5.41, 5.74) is 6.98. The highest BCUT2D eigenvalue weighted by molar-refractivity contribution is 5.75. The topological polar surface area (TPSA) is 170 Å². The summed E-state index contributed by atoms with van der Waals surface area (Å²) in [6.07, 6.45) is -3.38. The molecular formula is C17H22N4O9. The number of ether oxygens (including phenoxy) is 4. The molecule has 164 valence electrons. The number of carbonyl (C=O) groups is 3. The Bertz CT molecular complexity index is 884. The van der Waals surface area contributed by atoms with Gasteiger partial charge in [0.15, 0.2) is 24.3 Å². The summed E-state index contributed by atoms with van der Waals surface area (Å²) in [5, 5.41) is 0. The first-order valence-corrected chi connectivity index (χ1v) is 9.18. The highest BCUT2D eigenvalue weighted by Crippen LogP contribution is 2.37. The molecule has 2 fully saturated rings. The van der Waals surface area contributed by atoms with Gasteiger partial charge in [-0.3, -0.25) is 9.36 Å². The number of nitrogens with zero attached hydrogens (tertiary/aromatic N) is 2. The number of rotatable bonds is 7. The van der Waals surface area contributed by atoms with E-state index in [0.29, 0.717) is 0 Å². The van der Waals surface area contributed by atoms with E-state index in [2.05, 4.69) is 10.5 Å². The number of anilines is 1. The Kier molecular flexibility index (Phi) is 6.22. The van der Waals surface area contributed by atoms with Gasteiger partial charge >= 0.3 is 23.8 Å². The molecule has 3 heterocycles. The molecule has 13 nitrogen and oxygen atoms in total. The number of esters is 1. The highest BCUT2D eigenvalue weighted by atomic mass is 16.8. The summed E-state index contributed by atoms with van der Waals surface area (Å²) in [6, 6.07) is 0.533. The van der Waals surface area contributed by atoms with Crippen molar-refractivity contribution >= 4 is 23.9 Å². The minimum Gasteiger partial charge on any atom is -0.462 e. The van der Waals surface area contributed by atoms with E-state index < -0.39 is 54.4 Å². The summed E-state index contributed by atoms with van der Waals surface area (Å²) in [6.45, 7) is 4.51. The predicted molar refractivity (Wildman–Crippen MR) is 96.7 cm³/mol. The van der Waals surface area contributed by atoms with Crippen LogP contribution in [0.2, 0.25) is 0 Å². The van der Waals surface area contributed by atoms with Crippen molar-refractivity contribution in [2.24, 2.45) is 11.7 Å². The van der Waals surface area contributed by atoms with Crippen molar-refractivity contribution in [3.63, 3.8) is 0 Å². The van der Waals surface area contributed by atoms with Crippen molar-refractivity contribution < 1.29 is 38.2 Å². The SMILES string of the molecule is CC(C)C(=O)ONc1ccn([C@@H]2O[C@H](COC(=O)[C@H](C)N)[C@H]3OC(=O)O[C@H]32)c(=O)n1. The third-order valence-corrected chi connectivity index (χ3v) is 4.34. The Morgan fingerprint density at radius 3 is 2.57 bits per heavy atom. The maximum atomic E-state index is 12.4. The van der Waals surface area contributed by atoms with Gasteiger partial charge in [0.25, 0.3) is 0 Å². The number of hydrogen-bond acceptors (Lipinski definition) is 12. The number of hydrogen-bond donors (Lipinski definition) is 2. The summed E-state index contributed by atoms with van der Waals surface area (Å²) in [5.74, 6) is -1.55. The highest BCUT2D eigenvalue weighted by Gasteiger charge is 2.55. The standard InChI is InChI=1S/C17H22N4O9/c1-7(2)14(22)30-20-10-4-5-21(16(24)19-10)13-12-11(28-17(25)29-12)9(27-13)6-26-15(23)8(3)18/h4-5,7-9,11-13H,6,18H2,1-3H3,(H,19,20,24)/t8-,9+,11+,12+,13+/m0/s1. The van der Waals surface area contributed by atoms with Gasteiger partial charge in [0.1, 0.15) is 18.8 Å². The van der Waals surface area contributed by atoms with E-state index in [4.69, 9.17) is 29.5 Å². The Balaban J connectivity index is 1.73. The lowest BCUT2D eigenvalue weighted by Crippen LogP contribution is -2.36. The first-order valence-electron chi connectivity index (χ1n) is 9.18. The molecule has 0 saturated carbocycles. The maximum absolute atomic E-state index is 12.4. The zero-order valence-corrected chi connectivity index (χ0v) is 16.5. The monoisotopic (exact) mass is 426 g/mol. The van der Waals surface area contributed by atoms with Crippen LogP contribution in [0.3, 0.4) is 0 Å². The van der Waals surface area contributed by atoms with Gasteiger partial charge in [-0.1, -0.05) is 13.8 Å². The van der Waals surface area contributed by atoms with Gasteiger partial charge in [-0.05, 0) is 6.92 Å². The lowest BCUT2D eigenvalue weighted by molar-refractivity contribution is -0.152. The number of aromatic nitrogens is 2. The van der Waals surface area contributed by atoms with Crippen LogP contribution in [-0.4, -0.2) is 58.6 Å². The fourth-order valence-corrected chi connectivity index (χ4v) is 2.76. The van der Waals surface area contributed by atoms with Crippen molar-refractivity contribution in [2.75, 3.05) is 12.1 Å². The largest absolute Gasteiger partial charge is 0.509 e. The average Bonchev–Trinajstić information content (AvgIpc) is 3.21. The molecule has 0 unspecified atom stereocenters. The molecule has 2 aliphatic heterocycles. The van der Waals surface area contributed by atoms with E-state index in [1.807, 2.05) is 0 Å². The van der Waals surface area contributed by atoms with Gasteiger partial charge in [-0.15, -0.1) is 0 Å². The second-order valence-electron chi connectivity index (χ2n) is 7.08. The predicted octanol–water partition coefficient (Wildman–Crippen LogP) is -0.539. The summed E-state index contributed by atoms with van der Waals surface area (Å²) < 4.78 is 22.0. The Hall–Kier alpha value is -3.19. The van der Waals surface area contributed by atoms with Crippen molar-refractivity contribution in [3.8, 4) is 0 Å². The Morgan fingerprint density at radius 2 is 1.93 bits per heavy atom. The maximum Gasteiger partial charge on any atom is 0.509 e. The molecule has 0 spiro atoms. The number of fused-ring (bicyclic) bond motifs is 1. The van der Waals surface area contributed by atoms with Crippen LogP contribution in [0.1, 0.15) is 27.0 Å². The van der Waals surface area contributed by atoms with Crippen LogP contribution in [0.15, 0.2) is 17.1 Å². The minimum absolute atomic E-state index is 0.00174. The van der Waals surface area contributed by atoms with Crippen LogP contribution in [0.4, 0.5) is 10.6 Å². The summed E-state index contributed by atoms with van der Waals surface area (Å²) in [7, 11) is 0. The van der Waals surface area contributed by atoms with Crippen LogP contribution in [0.25, 0.3) is 0 Å². The molecule has 3 N–H and O–H groups in total. The molecule has 30 heavy (non-hydrogen) atoms. The van der Waals surface area contributed by atoms with E-state index in [-0.39, 0.29) is 18.3 Å². The van der Waals surface area contributed by atoms with E-state index in [9.17, 15) is 19.2 Å². The molecule has 0 bridgehead atoms. The molecule has 0 aliphatic carbocycles. The van der Waals surface area contributed by atoms with Crippen LogP contribution in [0, 0.1) is 5.92 Å². The normalized spacial score (nSPS) is 25.8. The summed E-state index contributed by atoms with van der Waals surface area (Å²) in [4.78, 5) is 55.7. The molecule has 0 amide bonds. The Labute approximate surface area is 170 Å². The zero-order valence-electron chi connectivity index (χ0n) is 16.5. The van der Waals surface area contributed by atoms with Crippen LogP contribution in [-0.2, 0) is 33.4 Å². The fraction of sp³-hybridized carbons (Fsp3) is 0.588. The lowest BCUT2D eigenvalue weighted by atomic mass is 10.1. The molecule has 13 heteroatoms. The number of nitrogens with two attached hydrogens (primary N) is 1. The van der Waals surface area contributed by atoms with Crippen molar-refractivity contribution in [2.45, 2.75) is 51.4 Å². The van der Waals surface area contributed by atoms with Crippen LogP contribution in [0.5, 0.6) is 0 Å². The van der Waals surface area contributed by atoms with Gasteiger partial charge in [-0.25, -0.2) is 19.9 Å². The molecular weight excluding hydrogens is 404 g/mol. The molecule has 0 aromatic carbocycles. The third kappa shape index (κ3) is 4.52. The van der Waals surface area contributed by atoms with Crippen molar-refractivity contribution in [1.29, 1.82) is 0 Å². The molecule has 1 aromatic heterocycles.